The molecule has 1 fully saturated rings. The first-order valence-corrected chi connectivity index (χ1v) is 10.8. The summed E-state index contributed by atoms with van der Waals surface area (Å²) < 4.78 is 20.5. The van der Waals surface area contributed by atoms with E-state index in [-0.39, 0.29) is 5.83 Å². The van der Waals surface area contributed by atoms with E-state index in [1.807, 2.05) is 43.0 Å². The van der Waals surface area contributed by atoms with Crippen LogP contribution in [0.15, 0.2) is 64.5 Å². The van der Waals surface area contributed by atoms with Crippen molar-refractivity contribution in [2.75, 3.05) is 31.1 Å². The molecule has 10 heteroatoms. The van der Waals surface area contributed by atoms with Crippen molar-refractivity contribution in [2.45, 2.75) is 32.3 Å². The monoisotopic (exact) mass is 454 g/mol. The zero-order valence-electron chi connectivity index (χ0n) is 18.7. The van der Waals surface area contributed by atoms with Crippen LogP contribution in [0.5, 0.6) is 0 Å². The third-order valence-electron chi connectivity index (χ3n) is 5.70. The summed E-state index contributed by atoms with van der Waals surface area (Å²) in [5.41, 5.74) is 1.27. The van der Waals surface area contributed by atoms with Gasteiger partial charge >= 0.3 is 6.09 Å². The Morgan fingerprint density at radius 2 is 2.24 bits per heavy atom. The Kier molecular flexibility index (Phi) is 6.71. The van der Waals surface area contributed by atoms with Gasteiger partial charge in [0, 0.05) is 30.7 Å². The molecule has 0 spiro atoms. The maximum atomic E-state index is 15.1. The Morgan fingerprint density at radius 3 is 2.91 bits per heavy atom. The first-order chi connectivity index (χ1) is 16.0. The summed E-state index contributed by atoms with van der Waals surface area (Å²) in [5, 5.41) is 9.45. The van der Waals surface area contributed by atoms with Crippen LogP contribution in [-0.4, -0.2) is 65.9 Å². The zero-order valence-corrected chi connectivity index (χ0v) is 18.7. The van der Waals surface area contributed by atoms with Crippen molar-refractivity contribution in [3.8, 4) is 0 Å². The second-order valence-corrected chi connectivity index (χ2v) is 7.88. The molecule has 0 N–H and O–H groups in total. The summed E-state index contributed by atoms with van der Waals surface area (Å²) in [5.74, 6) is 0.711. The van der Waals surface area contributed by atoms with Crippen LogP contribution < -0.4 is 4.90 Å². The highest BCUT2D eigenvalue weighted by Gasteiger charge is 2.35. The number of hydrazone groups is 1. The quantitative estimate of drug-likeness (QED) is 0.461. The SMILES string of the molecule is C=NN(/C=C\C)CC1CN(C2=CCC(c3ccc(N4CCON=C4C)nc3)C(F)=C2)C(=O)O1. The van der Waals surface area contributed by atoms with E-state index in [0.717, 1.165) is 17.2 Å². The summed E-state index contributed by atoms with van der Waals surface area (Å²) in [6, 6.07) is 3.74. The van der Waals surface area contributed by atoms with Gasteiger partial charge in [-0.2, -0.15) is 5.10 Å². The number of nitrogens with zero attached hydrogens (tertiary/aromatic N) is 6. The number of ether oxygens (including phenoxy) is 1. The number of cyclic esters (lactones) is 1. The van der Waals surface area contributed by atoms with E-state index in [4.69, 9.17) is 9.57 Å². The van der Waals surface area contributed by atoms with Crippen LogP contribution in [0.3, 0.4) is 0 Å². The van der Waals surface area contributed by atoms with Crippen molar-refractivity contribution in [2.24, 2.45) is 10.3 Å². The zero-order chi connectivity index (χ0) is 23.4. The molecule has 2 aliphatic heterocycles. The van der Waals surface area contributed by atoms with Crippen LogP contribution in [0.25, 0.3) is 0 Å². The van der Waals surface area contributed by atoms with Gasteiger partial charge in [-0.25, -0.2) is 14.2 Å². The Labute approximate surface area is 192 Å². The largest absolute Gasteiger partial charge is 0.442 e. The van der Waals surface area contributed by atoms with Gasteiger partial charge < -0.3 is 14.5 Å². The minimum Gasteiger partial charge on any atom is -0.442 e. The number of anilines is 1. The number of allylic oxidation sites excluding steroid dienone is 4. The normalized spacial score (nSPS) is 23.0. The minimum absolute atomic E-state index is 0.314. The van der Waals surface area contributed by atoms with E-state index < -0.39 is 18.1 Å². The molecule has 0 saturated carbocycles. The van der Waals surface area contributed by atoms with Crippen molar-refractivity contribution in [3.63, 3.8) is 0 Å². The van der Waals surface area contributed by atoms with E-state index in [1.54, 1.807) is 17.4 Å². The smallest absolute Gasteiger partial charge is 0.414 e. The third kappa shape index (κ3) is 4.89. The fraction of sp³-hybridized carbons (Fsp3) is 0.391. The molecule has 0 aromatic carbocycles. The number of carbonyl (C=O) groups is 1. The highest BCUT2D eigenvalue weighted by atomic mass is 19.1. The van der Waals surface area contributed by atoms with Crippen LogP contribution in [0.1, 0.15) is 31.7 Å². The molecule has 1 aliphatic carbocycles. The maximum Gasteiger partial charge on any atom is 0.414 e. The van der Waals surface area contributed by atoms with Crippen molar-refractivity contribution >= 4 is 24.5 Å². The van der Waals surface area contributed by atoms with E-state index in [0.29, 0.717) is 38.4 Å². The number of halogens is 1. The molecule has 1 saturated heterocycles. The number of amidine groups is 1. The van der Waals surface area contributed by atoms with Gasteiger partial charge in [-0.15, -0.1) is 0 Å². The average Bonchev–Trinajstić information content (AvgIpc) is 3.19. The van der Waals surface area contributed by atoms with Crippen molar-refractivity contribution < 1.29 is 18.8 Å². The molecule has 0 bridgehead atoms. The third-order valence-corrected chi connectivity index (χ3v) is 5.70. The summed E-state index contributed by atoms with van der Waals surface area (Å²) in [7, 11) is 0. The molecule has 33 heavy (non-hydrogen) atoms. The van der Waals surface area contributed by atoms with Gasteiger partial charge in [-0.05, 0) is 38.0 Å². The Bertz CT molecular complexity index is 1020. The number of aromatic nitrogens is 1. The summed E-state index contributed by atoms with van der Waals surface area (Å²) >= 11 is 0. The molecule has 3 aliphatic rings. The molecule has 0 radical (unpaired) electrons. The molecule has 174 valence electrons. The lowest BCUT2D eigenvalue weighted by molar-refractivity contribution is 0.119. The van der Waals surface area contributed by atoms with Gasteiger partial charge in [0.25, 0.3) is 0 Å². The van der Waals surface area contributed by atoms with Crippen molar-refractivity contribution in [1.29, 1.82) is 0 Å². The predicted molar refractivity (Wildman–Crippen MR) is 123 cm³/mol. The number of oxime groups is 1. The summed E-state index contributed by atoms with van der Waals surface area (Å²) in [6.45, 7) is 9.08. The van der Waals surface area contributed by atoms with Gasteiger partial charge in [0.2, 0.25) is 0 Å². The van der Waals surface area contributed by atoms with Crippen molar-refractivity contribution in [3.05, 3.63) is 59.8 Å². The standard InChI is InChI=1S/C23H27FN6O3/c1-4-9-28(25-3)14-19-15-30(23(31)33-19)18-6-7-20(21(24)12-18)17-5-8-22(26-13-17)29-10-11-32-27-16(29)2/h4-6,8-9,12-13,19-20H,3,7,10-11,14-15H2,1-2H3/b9-4-. The predicted octanol–water partition coefficient (Wildman–Crippen LogP) is 3.75. The fourth-order valence-corrected chi connectivity index (χ4v) is 4.04. The molecule has 2 atom stereocenters. The molecule has 4 rings (SSSR count). The Morgan fingerprint density at radius 1 is 1.39 bits per heavy atom. The summed E-state index contributed by atoms with van der Waals surface area (Å²) in [4.78, 5) is 25.4. The maximum absolute atomic E-state index is 15.1. The lowest BCUT2D eigenvalue weighted by Crippen LogP contribution is -2.36. The highest BCUT2D eigenvalue weighted by Crippen LogP contribution is 2.36. The Balaban J connectivity index is 1.41. The van der Waals surface area contributed by atoms with Crippen molar-refractivity contribution in [1.82, 2.24) is 14.9 Å². The topological polar surface area (TPSA) is 82.9 Å². The van der Waals surface area contributed by atoms with E-state index in [9.17, 15) is 4.79 Å². The number of rotatable bonds is 7. The van der Waals surface area contributed by atoms with Crippen LogP contribution in [-0.2, 0) is 9.57 Å². The number of hydrogen-bond donors (Lipinski definition) is 0. The Hall–Kier alpha value is -3.69. The molecule has 2 unspecified atom stereocenters. The fourth-order valence-electron chi connectivity index (χ4n) is 4.04. The molecule has 3 heterocycles. The first-order valence-electron chi connectivity index (χ1n) is 10.8. The van der Waals surface area contributed by atoms with E-state index >= 15 is 4.39 Å². The van der Waals surface area contributed by atoms with Gasteiger partial charge in [-0.3, -0.25) is 9.91 Å². The molecule has 1 aromatic rings. The van der Waals surface area contributed by atoms with Crippen LogP contribution >= 0.6 is 0 Å². The van der Waals surface area contributed by atoms with Crippen LogP contribution in [0, 0.1) is 0 Å². The van der Waals surface area contributed by atoms with E-state index in [2.05, 4.69) is 22.0 Å². The first kappa shape index (κ1) is 22.5. The lowest BCUT2D eigenvalue weighted by Gasteiger charge is -2.26. The number of carbonyl (C=O) groups excluding carboxylic acids is 1. The highest BCUT2D eigenvalue weighted by molar-refractivity contribution is 5.95. The molecular weight excluding hydrogens is 427 g/mol. The second kappa shape index (κ2) is 9.85. The second-order valence-electron chi connectivity index (χ2n) is 7.88. The van der Waals surface area contributed by atoms with Gasteiger partial charge in [0.1, 0.15) is 30.2 Å². The number of amides is 1. The molecular formula is C23H27FN6O3. The number of hydrogen-bond acceptors (Lipinski definition) is 8. The molecule has 1 amide bonds. The lowest BCUT2D eigenvalue weighted by atomic mass is 9.91. The molecule has 9 nitrogen and oxygen atoms in total. The van der Waals surface area contributed by atoms with Gasteiger partial charge in [0.05, 0.1) is 19.6 Å². The van der Waals surface area contributed by atoms with Crippen LogP contribution in [0.2, 0.25) is 0 Å². The van der Waals surface area contributed by atoms with Gasteiger partial charge in [-0.1, -0.05) is 23.4 Å². The average molecular weight is 455 g/mol. The minimum atomic E-state index is -0.494. The van der Waals surface area contributed by atoms with E-state index in [1.165, 1.54) is 11.0 Å². The summed E-state index contributed by atoms with van der Waals surface area (Å²) in [6.07, 6.45) is 8.06. The molecule has 1 aromatic heterocycles. The number of pyridine rings is 1. The van der Waals surface area contributed by atoms with Gasteiger partial charge in [0.15, 0.2) is 0 Å². The van der Waals surface area contributed by atoms with Crippen LogP contribution in [0.4, 0.5) is 15.0 Å².